The number of hydrogen-bond donors (Lipinski definition) is 0. The lowest BCUT2D eigenvalue weighted by atomic mass is 10.1. The van der Waals surface area contributed by atoms with Gasteiger partial charge in [0.25, 0.3) is 0 Å². The van der Waals surface area contributed by atoms with Crippen molar-refractivity contribution in [1.82, 2.24) is 4.57 Å². The average molecular weight is 296 g/mol. The van der Waals surface area contributed by atoms with E-state index in [-0.39, 0.29) is 5.91 Å². The van der Waals surface area contributed by atoms with Crippen LogP contribution in [0.25, 0.3) is 11.1 Å². The molecule has 4 nitrogen and oxygen atoms in total. The molecule has 5 heteroatoms. The fourth-order valence-corrected chi connectivity index (χ4v) is 2.38. The van der Waals surface area contributed by atoms with Gasteiger partial charge in [-0.05, 0) is 24.6 Å². The molecular weight excluding hydrogens is 278 g/mol. The predicted octanol–water partition coefficient (Wildman–Crippen LogP) is 4.25. The van der Waals surface area contributed by atoms with Crippen molar-refractivity contribution in [3.05, 3.63) is 33.8 Å². The largest absolute Gasteiger partial charge is 0.426 e. The Morgan fingerprint density at radius 2 is 2.00 bits per heavy atom. The zero-order valence-electron chi connectivity index (χ0n) is 11.5. The highest BCUT2D eigenvalue weighted by molar-refractivity contribution is 6.31. The van der Waals surface area contributed by atoms with E-state index in [9.17, 15) is 9.59 Å². The fourth-order valence-electron chi connectivity index (χ4n) is 2.22. The molecule has 108 valence electrons. The van der Waals surface area contributed by atoms with E-state index in [4.69, 9.17) is 16.0 Å². The van der Waals surface area contributed by atoms with E-state index in [1.165, 1.54) is 6.42 Å². The Labute approximate surface area is 122 Å². The molecule has 20 heavy (non-hydrogen) atoms. The maximum atomic E-state index is 12.1. The average Bonchev–Trinajstić information content (AvgIpc) is 2.73. The zero-order chi connectivity index (χ0) is 14.5. The standard InChI is InChI=1S/C15H18ClNO3/c1-2-3-4-5-6-7-14(18)17-12-10-11(16)8-9-13(12)20-15(17)19/h8-10H,2-7H2,1H3. The van der Waals surface area contributed by atoms with Gasteiger partial charge in [-0.1, -0.05) is 44.2 Å². The zero-order valence-corrected chi connectivity index (χ0v) is 12.3. The van der Waals surface area contributed by atoms with Crippen LogP contribution in [0.5, 0.6) is 0 Å². The summed E-state index contributed by atoms with van der Waals surface area (Å²) in [4.78, 5) is 23.9. The van der Waals surface area contributed by atoms with Crippen molar-refractivity contribution >= 4 is 28.6 Å². The number of fused-ring (bicyclic) bond motifs is 1. The monoisotopic (exact) mass is 295 g/mol. The Kier molecular flexibility index (Phi) is 5.01. The van der Waals surface area contributed by atoms with Crippen LogP contribution >= 0.6 is 11.6 Å². The van der Waals surface area contributed by atoms with E-state index in [1.807, 2.05) is 0 Å². The fraction of sp³-hybridized carbons (Fsp3) is 0.467. The topological polar surface area (TPSA) is 52.2 Å². The molecule has 1 heterocycles. The van der Waals surface area contributed by atoms with Gasteiger partial charge in [-0.15, -0.1) is 0 Å². The Morgan fingerprint density at radius 1 is 1.25 bits per heavy atom. The minimum absolute atomic E-state index is 0.229. The first-order chi connectivity index (χ1) is 9.63. The second kappa shape index (κ2) is 6.75. The number of unbranched alkanes of at least 4 members (excludes halogenated alkanes) is 4. The third-order valence-corrected chi connectivity index (χ3v) is 3.52. The normalized spacial score (nSPS) is 11.1. The molecule has 0 atom stereocenters. The summed E-state index contributed by atoms with van der Waals surface area (Å²) in [6.07, 6.45) is 5.61. The molecule has 1 aromatic carbocycles. The van der Waals surface area contributed by atoms with E-state index < -0.39 is 5.76 Å². The van der Waals surface area contributed by atoms with Crippen LogP contribution in [0, 0.1) is 0 Å². The Bertz CT molecular complexity index is 657. The predicted molar refractivity (Wildman–Crippen MR) is 79.5 cm³/mol. The number of oxazole rings is 1. The van der Waals surface area contributed by atoms with Crippen molar-refractivity contribution in [3.63, 3.8) is 0 Å². The number of rotatable bonds is 6. The number of carbonyl (C=O) groups excluding carboxylic acids is 1. The molecule has 0 unspecified atom stereocenters. The van der Waals surface area contributed by atoms with Gasteiger partial charge < -0.3 is 4.42 Å². The van der Waals surface area contributed by atoms with Crippen LogP contribution in [-0.2, 0) is 0 Å². The van der Waals surface area contributed by atoms with Crippen LogP contribution in [0.4, 0.5) is 0 Å². The summed E-state index contributed by atoms with van der Waals surface area (Å²) in [7, 11) is 0. The summed E-state index contributed by atoms with van der Waals surface area (Å²) in [5.41, 5.74) is 0.833. The third-order valence-electron chi connectivity index (χ3n) is 3.29. The highest BCUT2D eigenvalue weighted by Crippen LogP contribution is 2.19. The molecule has 0 fully saturated rings. The molecule has 0 saturated carbocycles. The first-order valence-electron chi connectivity index (χ1n) is 6.97. The van der Waals surface area contributed by atoms with Crippen molar-refractivity contribution in [2.45, 2.75) is 45.4 Å². The molecule has 0 aliphatic heterocycles. The lowest BCUT2D eigenvalue weighted by Crippen LogP contribution is -2.22. The molecule has 0 amide bonds. The molecular formula is C15H18ClNO3. The van der Waals surface area contributed by atoms with Crippen molar-refractivity contribution < 1.29 is 9.21 Å². The Hall–Kier alpha value is -1.55. The first kappa shape index (κ1) is 14.9. The Balaban J connectivity index is 2.11. The van der Waals surface area contributed by atoms with E-state index in [0.29, 0.717) is 22.5 Å². The lowest BCUT2D eigenvalue weighted by molar-refractivity contribution is 0.0895. The quantitative estimate of drug-likeness (QED) is 0.749. The molecule has 0 spiro atoms. The van der Waals surface area contributed by atoms with Crippen LogP contribution in [-0.4, -0.2) is 10.5 Å². The van der Waals surface area contributed by atoms with Crippen LogP contribution < -0.4 is 5.76 Å². The van der Waals surface area contributed by atoms with E-state index in [2.05, 4.69) is 6.92 Å². The Morgan fingerprint density at radius 3 is 2.75 bits per heavy atom. The first-order valence-corrected chi connectivity index (χ1v) is 7.35. The van der Waals surface area contributed by atoms with Gasteiger partial charge in [0, 0.05) is 11.4 Å². The van der Waals surface area contributed by atoms with Crippen molar-refractivity contribution in [2.24, 2.45) is 0 Å². The molecule has 0 radical (unpaired) electrons. The van der Waals surface area contributed by atoms with E-state index in [0.717, 1.165) is 30.3 Å². The molecule has 0 aliphatic rings. The second-order valence-corrected chi connectivity index (χ2v) is 5.31. The summed E-state index contributed by atoms with van der Waals surface area (Å²) in [5.74, 6) is -0.867. The van der Waals surface area contributed by atoms with Crippen molar-refractivity contribution in [2.75, 3.05) is 0 Å². The van der Waals surface area contributed by atoms with Gasteiger partial charge in [-0.3, -0.25) is 4.79 Å². The highest BCUT2D eigenvalue weighted by atomic mass is 35.5. The number of aromatic nitrogens is 1. The number of carbonyl (C=O) groups is 1. The number of hydrogen-bond acceptors (Lipinski definition) is 3. The SMILES string of the molecule is CCCCCCCC(=O)n1c(=O)oc2ccc(Cl)cc21. The summed E-state index contributed by atoms with van der Waals surface area (Å²) >= 11 is 5.90. The van der Waals surface area contributed by atoms with E-state index in [1.54, 1.807) is 18.2 Å². The van der Waals surface area contributed by atoms with Crippen molar-refractivity contribution in [1.29, 1.82) is 0 Å². The maximum Gasteiger partial charge on any atom is 0.426 e. The van der Waals surface area contributed by atoms with Gasteiger partial charge in [0.15, 0.2) is 5.58 Å². The van der Waals surface area contributed by atoms with Gasteiger partial charge in [0.05, 0.1) is 5.52 Å². The molecule has 0 bridgehead atoms. The van der Waals surface area contributed by atoms with Crippen molar-refractivity contribution in [3.8, 4) is 0 Å². The number of nitrogens with zero attached hydrogens (tertiary/aromatic N) is 1. The molecule has 1 aromatic heterocycles. The van der Waals surface area contributed by atoms with Crippen LogP contribution in [0.3, 0.4) is 0 Å². The maximum absolute atomic E-state index is 12.1. The number of halogens is 1. The molecule has 0 aliphatic carbocycles. The molecule has 2 aromatic rings. The summed E-state index contributed by atoms with van der Waals surface area (Å²) in [6, 6.07) is 4.81. The minimum Gasteiger partial charge on any atom is -0.407 e. The third kappa shape index (κ3) is 3.31. The van der Waals surface area contributed by atoms with Gasteiger partial charge in [-0.2, -0.15) is 0 Å². The van der Waals surface area contributed by atoms with E-state index >= 15 is 0 Å². The van der Waals surface area contributed by atoms with Gasteiger partial charge in [0.2, 0.25) is 5.91 Å². The van der Waals surface area contributed by atoms with Gasteiger partial charge in [0.1, 0.15) is 0 Å². The molecule has 0 N–H and O–H groups in total. The van der Waals surface area contributed by atoms with Gasteiger partial charge >= 0.3 is 5.76 Å². The summed E-state index contributed by atoms with van der Waals surface area (Å²) in [6.45, 7) is 2.14. The molecule has 2 rings (SSSR count). The second-order valence-electron chi connectivity index (χ2n) is 4.87. The summed E-state index contributed by atoms with van der Waals surface area (Å²) in [5, 5.41) is 0.475. The minimum atomic E-state index is -0.638. The highest BCUT2D eigenvalue weighted by Gasteiger charge is 2.15. The summed E-state index contributed by atoms with van der Waals surface area (Å²) < 4.78 is 6.13. The smallest absolute Gasteiger partial charge is 0.407 e. The molecule has 0 saturated heterocycles. The van der Waals surface area contributed by atoms with Crippen LogP contribution in [0.1, 0.15) is 50.2 Å². The van der Waals surface area contributed by atoms with Crippen LogP contribution in [0.15, 0.2) is 27.4 Å². The lowest BCUT2D eigenvalue weighted by Gasteiger charge is -2.01. The number of benzene rings is 1. The van der Waals surface area contributed by atoms with Crippen LogP contribution in [0.2, 0.25) is 5.02 Å². The van der Waals surface area contributed by atoms with Gasteiger partial charge in [-0.25, -0.2) is 9.36 Å².